The number of nitrogens with zero attached hydrogens (tertiary/aromatic N) is 1. The van der Waals surface area contributed by atoms with E-state index < -0.39 is 0 Å². The van der Waals surface area contributed by atoms with E-state index in [0.29, 0.717) is 19.5 Å². The van der Waals surface area contributed by atoms with E-state index in [-0.39, 0.29) is 18.4 Å². The number of amides is 2. The molecule has 0 radical (unpaired) electrons. The zero-order chi connectivity index (χ0) is 19.5. The smallest absolute Gasteiger partial charge is 0.239 e. The van der Waals surface area contributed by atoms with E-state index in [0.717, 1.165) is 24.2 Å². The maximum absolute atomic E-state index is 12.2. The average Bonchev–Trinajstić information content (AvgIpc) is 2.69. The van der Waals surface area contributed by atoms with Gasteiger partial charge in [-0.2, -0.15) is 0 Å². The van der Waals surface area contributed by atoms with Crippen molar-refractivity contribution >= 4 is 11.8 Å². The van der Waals surface area contributed by atoms with E-state index in [4.69, 9.17) is 4.74 Å². The lowest BCUT2D eigenvalue weighted by Crippen LogP contribution is -2.41. The molecule has 144 valence electrons. The van der Waals surface area contributed by atoms with Crippen LogP contribution < -0.4 is 10.1 Å². The zero-order valence-corrected chi connectivity index (χ0v) is 16.1. The Kier molecular flexibility index (Phi) is 8.36. The first-order chi connectivity index (χ1) is 13.1. The molecule has 2 aromatic carbocycles. The predicted octanol–water partition coefficient (Wildman–Crippen LogP) is 2.84. The van der Waals surface area contributed by atoms with E-state index >= 15 is 0 Å². The van der Waals surface area contributed by atoms with Gasteiger partial charge in [0.25, 0.3) is 0 Å². The highest BCUT2D eigenvalue weighted by molar-refractivity contribution is 5.83. The van der Waals surface area contributed by atoms with Gasteiger partial charge < -0.3 is 15.0 Å². The molecule has 2 rings (SSSR count). The largest absolute Gasteiger partial charge is 0.496 e. The number of methoxy groups -OCH3 is 1. The second-order valence-electron chi connectivity index (χ2n) is 6.44. The molecule has 0 spiro atoms. The summed E-state index contributed by atoms with van der Waals surface area (Å²) in [5.41, 5.74) is 2.28. The number of nitrogens with one attached hydrogen (secondary N) is 1. The Labute approximate surface area is 161 Å². The number of hydrogen-bond acceptors (Lipinski definition) is 3. The van der Waals surface area contributed by atoms with Crippen molar-refractivity contribution < 1.29 is 14.3 Å². The molecule has 0 aliphatic rings. The number of benzene rings is 2. The summed E-state index contributed by atoms with van der Waals surface area (Å²) in [6, 6.07) is 17.9. The number of carbonyl (C=O) groups excluding carboxylic acids is 2. The number of carbonyl (C=O) groups is 2. The number of para-hydroxylation sites is 1. The summed E-state index contributed by atoms with van der Waals surface area (Å²) in [6.07, 6.45) is 2.44. The predicted molar refractivity (Wildman–Crippen MR) is 107 cm³/mol. The molecule has 0 atom stereocenters. The van der Waals surface area contributed by atoms with Crippen LogP contribution in [0, 0.1) is 0 Å². The van der Waals surface area contributed by atoms with Gasteiger partial charge in [-0.1, -0.05) is 48.5 Å². The summed E-state index contributed by atoms with van der Waals surface area (Å²) in [5, 5.41) is 2.90. The third-order valence-electron chi connectivity index (χ3n) is 4.43. The van der Waals surface area contributed by atoms with Crippen LogP contribution in [0.2, 0.25) is 0 Å². The van der Waals surface area contributed by atoms with Crippen molar-refractivity contribution in [2.75, 3.05) is 26.7 Å². The summed E-state index contributed by atoms with van der Waals surface area (Å²) < 4.78 is 5.34. The van der Waals surface area contributed by atoms with Gasteiger partial charge in [0.15, 0.2) is 0 Å². The molecule has 27 heavy (non-hydrogen) atoms. The van der Waals surface area contributed by atoms with Gasteiger partial charge >= 0.3 is 0 Å². The minimum absolute atomic E-state index is 0.0792. The summed E-state index contributed by atoms with van der Waals surface area (Å²) in [4.78, 5) is 25.6. The molecule has 0 fully saturated rings. The lowest BCUT2D eigenvalue weighted by atomic mass is 10.1. The highest BCUT2D eigenvalue weighted by Gasteiger charge is 2.14. The van der Waals surface area contributed by atoms with Crippen LogP contribution in [-0.2, 0) is 22.4 Å². The first-order valence-electron chi connectivity index (χ1n) is 9.28. The van der Waals surface area contributed by atoms with Crippen LogP contribution >= 0.6 is 0 Å². The molecule has 2 amide bonds. The van der Waals surface area contributed by atoms with Crippen LogP contribution in [0.3, 0.4) is 0 Å². The van der Waals surface area contributed by atoms with Gasteiger partial charge in [-0.05, 0) is 36.5 Å². The van der Waals surface area contributed by atoms with Crippen LogP contribution in [0.5, 0.6) is 5.75 Å². The summed E-state index contributed by atoms with van der Waals surface area (Å²) >= 11 is 0. The standard InChI is InChI=1S/C22H28N2O3/c1-18(25)24(16-14-20-12-6-7-13-21(20)27-2)17-22(26)23-15-8-11-19-9-4-3-5-10-19/h3-7,9-10,12-13H,8,11,14-17H2,1-2H3,(H,23,26). The normalized spacial score (nSPS) is 10.3. The first-order valence-corrected chi connectivity index (χ1v) is 9.28. The molecule has 1 N–H and O–H groups in total. The number of ether oxygens (including phenoxy) is 1. The van der Waals surface area contributed by atoms with Crippen molar-refractivity contribution in [2.24, 2.45) is 0 Å². The molecule has 0 saturated carbocycles. The fourth-order valence-corrected chi connectivity index (χ4v) is 2.91. The van der Waals surface area contributed by atoms with E-state index in [1.807, 2.05) is 42.5 Å². The monoisotopic (exact) mass is 368 g/mol. The maximum Gasteiger partial charge on any atom is 0.239 e. The van der Waals surface area contributed by atoms with Gasteiger partial charge in [-0.25, -0.2) is 0 Å². The molecule has 0 aliphatic heterocycles. The van der Waals surface area contributed by atoms with Gasteiger partial charge in [0.1, 0.15) is 5.75 Å². The Morgan fingerprint density at radius 2 is 1.70 bits per heavy atom. The fourth-order valence-electron chi connectivity index (χ4n) is 2.91. The van der Waals surface area contributed by atoms with Crippen molar-refractivity contribution in [1.82, 2.24) is 10.2 Å². The second kappa shape index (κ2) is 11.0. The highest BCUT2D eigenvalue weighted by Crippen LogP contribution is 2.18. The van der Waals surface area contributed by atoms with Gasteiger partial charge in [0.05, 0.1) is 13.7 Å². The van der Waals surface area contributed by atoms with Crippen LogP contribution in [0.1, 0.15) is 24.5 Å². The van der Waals surface area contributed by atoms with E-state index in [2.05, 4.69) is 17.4 Å². The van der Waals surface area contributed by atoms with E-state index in [1.54, 1.807) is 12.0 Å². The molecular weight excluding hydrogens is 340 g/mol. The molecule has 0 unspecified atom stereocenters. The Balaban J connectivity index is 1.75. The number of hydrogen-bond donors (Lipinski definition) is 1. The Morgan fingerprint density at radius 1 is 1.00 bits per heavy atom. The molecule has 0 aliphatic carbocycles. The highest BCUT2D eigenvalue weighted by atomic mass is 16.5. The van der Waals surface area contributed by atoms with Crippen LogP contribution in [0.4, 0.5) is 0 Å². The quantitative estimate of drug-likeness (QED) is 0.656. The Morgan fingerprint density at radius 3 is 2.41 bits per heavy atom. The average molecular weight is 368 g/mol. The molecule has 2 aromatic rings. The first kappa shape index (κ1) is 20.5. The van der Waals surface area contributed by atoms with Crippen molar-refractivity contribution in [3.8, 4) is 5.75 Å². The molecule has 5 heteroatoms. The molecular formula is C22H28N2O3. The van der Waals surface area contributed by atoms with Crippen molar-refractivity contribution in [2.45, 2.75) is 26.2 Å². The van der Waals surface area contributed by atoms with Crippen LogP contribution in [0.25, 0.3) is 0 Å². The van der Waals surface area contributed by atoms with Crippen LogP contribution in [0.15, 0.2) is 54.6 Å². The Bertz CT molecular complexity index is 731. The second-order valence-corrected chi connectivity index (χ2v) is 6.44. The molecule has 0 heterocycles. The van der Waals surface area contributed by atoms with Crippen molar-refractivity contribution in [1.29, 1.82) is 0 Å². The van der Waals surface area contributed by atoms with Gasteiger partial charge in [0.2, 0.25) is 11.8 Å². The molecule has 0 saturated heterocycles. The summed E-state index contributed by atoms with van der Waals surface area (Å²) in [6.45, 7) is 2.65. The zero-order valence-electron chi connectivity index (χ0n) is 16.1. The van der Waals surface area contributed by atoms with Crippen LogP contribution in [-0.4, -0.2) is 43.5 Å². The topological polar surface area (TPSA) is 58.6 Å². The number of aryl methyl sites for hydroxylation is 1. The molecule has 0 bridgehead atoms. The molecule has 0 aromatic heterocycles. The van der Waals surface area contributed by atoms with E-state index in [9.17, 15) is 9.59 Å². The fraction of sp³-hybridized carbons (Fsp3) is 0.364. The van der Waals surface area contributed by atoms with Crippen molar-refractivity contribution in [3.05, 3.63) is 65.7 Å². The number of rotatable bonds is 10. The minimum Gasteiger partial charge on any atom is -0.496 e. The Hall–Kier alpha value is -2.82. The van der Waals surface area contributed by atoms with E-state index in [1.165, 1.54) is 12.5 Å². The summed E-state index contributed by atoms with van der Waals surface area (Å²) in [7, 11) is 1.63. The maximum atomic E-state index is 12.2. The molecule has 5 nitrogen and oxygen atoms in total. The van der Waals surface area contributed by atoms with Crippen molar-refractivity contribution in [3.63, 3.8) is 0 Å². The van der Waals surface area contributed by atoms with Gasteiger partial charge in [0, 0.05) is 20.0 Å². The van der Waals surface area contributed by atoms with Gasteiger partial charge in [-0.3, -0.25) is 9.59 Å². The third kappa shape index (κ3) is 7.13. The third-order valence-corrected chi connectivity index (χ3v) is 4.43. The lowest BCUT2D eigenvalue weighted by Gasteiger charge is -2.21. The SMILES string of the molecule is COc1ccccc1CCN(CC(=O)NCCCc1ccccc1)C(C)=O. The van der Waals surface area contributed by atoms with Gasteiger partial charge in [-0.15, -0.1) is 0 Å². The minimum atomic E-state index is -0.127. The summed E-state index contributed by atoms with van der Waals surface area (Å²) in [5.74, 6) is 0.564. The lowest BCUT2D eigenvalue weighted by molar-refractivity contribution is -0.134.